The highest BCUT2D eigenvalue weighted by molar-refractivity contribution is 9.10. The average molecular weight is 344 g/mol. The van der Waals surface area contributed by atoms with Gasteiger partial charge in [0.05, 0.1) is 10.7 Å². The molecule has 9 heteroatoms. The highest BCUT2D eigenvalue weighted by Crippen LogP contribution is 2.27. The van der Waals surface area contributed by atoms with E-state index >= 15 is 0 Å². The fourth-order valence-electron chi connectivity index (χ4n) is 1.06. The van der Waals surface area contributed by atoms with Crippen LogP contribution in [0.3, 0.4) is 0 Å². The van der Waals surface area contributed by atoms with Crippen molar-refractivity contribution in [2.24, 2.45) is 0 Å². The minimum absolute atomic E-state index is 0.112. The Morgan fingerprint density at radius 3 is 2.56 bits per heavy atom. The second kappa shape index (κ2) is 5.61. The molecule has 0 bridgehead atoms. The molecule has 100 valence electrons. The number of halogens is 3. The van der Waals surface area contributed by atoms with Crippen molar-refractivity contribution in [1.82, 2.24) is 4.72 Å². The van der Waals surface area contributed by atoms with Crippen LogP contribution in [-0.2, 0) is 10.0 Å². The number of benzene rings is 1. The number of carbonyl (C=O) groups is 1. The number of rotatable bonds is 4. The maximum absolute atomic E-state index is 12.1. The minimum Gasteiger partial charge on any atom is -0.434 e. The van der Waals surface area contributed by atoms with Crippen LogP contribution in [-0.4, -0.2) is 27.2 Å². The van der Waals surface area contributed by atoms with Gasteiger partial charge in [0, 0.05) is 5.56 Å². The number of alkyl halides is 2. The quantitative estimate of drug-likeness (QED) is 0.903. The van der Waals surface area contributed by atoms with E-state index in [9.17, 15) is 22.0 Å². The molecule has 0 saturated carbocycles. The monoisotopic (exact) mass is 343 g/mol. The molecule has 0 atom stereocenters. The second-order valence-electron chi connectivity index (χ2n) is 3.23. The third-order valence-corrected chi connectivity index (χ3v) is 2.90. The summed E-state index contributed by atoms with van der Waals surface area (Å²) in [6, 6.07) is 3.58. The van der Waals surface area contributed by atoms with Crippen LogP contribution in [0.1, 0.15) is 10.4 Å². The normalized spacial score (nSPS) is 11.4. The summed E-state index contributed by atoms with van der Waals surface area (Å²) < 4.78 is 51.9. The minimum atomic E-state index is -3.72. The molecule has 0 fully saturated rings. The zero-order chi connectivity index (χ0) is 13.9. The lowest BCUT2D eigenvalue weighted by Crippen LogP contribution is -2.29. The lowest BCUT2D eigenvalue weighted by atomic mass is 10.2. The van der Waals surface area contributed by atoms with Crippen LogP contribution >= 0.6 is 15.9 Å². The summed E-state index contributed by atoms with van der Waals surface area (Å²) in [5, 5.41) is 0. The fourth-order valence-corrected chi connectivity index (χ4v) is 1.85. The van der Waals surface area contributed by atoms with E-state index in [0.717, 1.165) is 12.3 Å². The van der Waals surface area contributed by atoms with Crippen LogP contribution < -0.4 is 9.46 Å². The Labute approximate surface area is 110 Å². The molecular formula is C9H8BrF2NO4S. The van der Waals surface area contributed by atoms with Crippen LogP contribution in [0.4, 0.5) is 8.78 Å². The molecule has 1 amide bonds. The van der Waals surface area contributed by atoms with E-state index in [4.69, 9.17) is 0 Å². The van der Waals surface area contributed by atoms with E-state index in [1.54, 1.807) is 4.72 Å². The van der Waals surface area contributed by atoms with Crippen molar-refractivity contribution in [3.63, 3.8) is 0 Å². The zero-order valence-electron chi connectivity index (χ0n) is 8.98. The van der Waals surface area contributed by atoms with Gasteiger partial charge in [-0.05, 0) is 34.1 Å². The van der Waals surface area contributed by atoms with Crippen LogP contribution in [0.15, 0.2) is 22.7 Å². The average Bonchev–Trinajstić information content (AvgIpc) is 2.17. The topological polar surface area (TPSA) is 72.5 Å². The summed E-state index contributed by atoms with van der Waals surface area (Å²) in [6.07, 6.45) is 0.806. The van der Waals surface area contributed by atoms with Crippen LogP contribution in [0.5, 0.6) is 5.75 Å². The van der Waals surface area contributed by atoms with Crippen molar-refractivity contribution < 1.29 is 26.7 Å². The third kappa shape index (κ3) is 4.57. The van der Waals surface area contributed by atoms with E-state index in [2.05, 4.69) is 20.7 Å². The summed E-state index contributed by atoms with van der Waals surface area (Å²) in [6.45, 7) is -3.05. The molecule has 1 rings (SSSR count). The van der Waals surface area contributed by atoms with Gasteiger partial charge in [-0.25, -0.2) is 13.1 Å². The SMILES string of the molecule is CS(=O)(=O)NC(=O)c1ccc(Br)c(OC(F)F)c1. The standard InChI is InChI=1S/C9H8BrF2NO4S/c1-18(15,16)13-8(14)5-2-3-6(10)7(4-5)17-9(11)12/h2-4,9H,1H3,(H,13,14). The Morgan fingerprint density at radius 1 is 1.44 bits per heavy atom. The summed E-state index contributed by atoms with van der Waals surface area (Å²) in [7, 11) is -3.72. The predicted octanol–water partition coefficient (Wildman–Crippen LogP) is 1.74. The van der Waals surface area contributed by atoms with Gasteiger partial charge in [0.1, 0.15) is 5.75 Å². The van der Waals surface area contributed by atoms with Crippen molar-refractivity contribution in [2.45, 2.75) is 6.61 Å². The first-order valence-corrected chi connectivity index (χ1v) is 7.14. The smallest absolute Gasteiger partial charge is 0.387 e. The van der Waals surface area contributed by atoms with E-state index in [0.29, 0.717) is 0 Å². The Bertz CT molecular complexity index is 562. The molecule has 18 heavy (non-hydrogen) atoms. The van der Waals surface area contributed by atoms with Crippen molar-refractivity contribution >= 4 is 31.9 Å². The maximum atomic E-state index is 12.1. The number of sulfonamides is 1. The number of amides is 1. The molecule has 0 aliphatic heterocycles. The largest absolute Gasteiger partial charge is 0.434 e. The Kier molecular flexibility index (Phi) is 4.63. The molecular weight excluding hydrogens is 336 g/mol. The molecule has 0 spiro atoms. The fraction of sp³-hybridized carbons (Fsp3) is 0.222. The summed E-state index contributed by atoms with van der Waals surface area (Å²) in [4.78, 5) is 11.5. The molecule has 0 radical (unpaired) electrons. The van der Waals surface area contributed by atoms with Gasteiger partial charge >= 0.3 is 6.61 Å². The number of nitrogens with one attached hydrogen (secondary N) is 1. The Morgan fingerprint density at radius 2 is 2.06 bits per heavy atom. The lowest BCUT2D eigenvalue weighted by Gasteiger charge is -2.09. The molecule has 0 aliphatic rings. The summed E-state index contributed by atoms with van der Waals surface area (Å²) in [5.41, 5.74) is -0.112. The summed E-state index contributed by atoms with van der Waals surface area (Å²) in [5.74, 6) is -1.18. The zero-order valence-corrected chi connectivity index (χ0v) is 11.4. The lowest BCUT2D eigenvalue weighted by molar-refractivity contribution is -0.0504. The van der Waals surface area contributed by atoms with E-state index in [1.165, 1.54) is 12.1 Å². The number of ether oxygens (including phenoxy) is 1. The van der Waals surface area contributed by atoms with Gasteiger partial charge in [-0.2, -0.15) is 8.78 Å². The number of hydrogen-bond acceptors (Lipinski definition) is 4. The predicted molar refractivity (Wildman–Crippen MR) is 63.1 cm³/mol. The molecule has 1 aromatic rings. The van der Waals surface area contributed by atoms with Crippen LogP contribution in [0.25, 0.3) is 0 Å². The van der Waals surface area contributed by atoms with E-state index in [-0.39, 0.29) is 15.8 Å². The van der Waals surface area contributed by atoms with Gasteiger partial charge in [-0.3, -0.25) is 4.79 Å². The molecule has 0 heterocycles. The highest BCUT2D eigenvalue weighted by Gasteiger charge is 2.15. The van der Waals surface area contributed by atoms with Gasteiger partial charge in [0.2, 0.25) is 10.0 Å². The van der Waals surface area contributed by atoms with Crippen molar-refractivity contribution in [2.75, 3.05) is 6.26 Å². The number of hydrogen-bond donors (Lipinski definition) is 1. The van der Waals surface area contributed by atoms with Crippen LogP contribution in [0, 0.1) is 0 Å². The first kappa shape index (κ1) is 14.8. The van der Waals surface area contributed by atoms with Gasteiger partial charge in [0.25, 0.3) is 5.91 Å². The second-order valence-corrected chi connectivity index (χ2v) is 5.83. The first-order chi connectivity index (χ1) is 8.19. The Balaban J connectivity index is 3.01. The summed E-state index contributed by atoms with van der Waals surface area (Å²) >= 11 is 2.96. The maximum Gasteiger partial charge on any atom is 0.387 e. The van der Waals surface area contributed by atoms with Gasteiger partial charge < -0.3 is 4.74 Å². The van der Waals surface area contributed by atoms with E-state index < -0.39 is 22.5 Å². The number of carbonyl (C=O) groups excluding carboxylic acids is 1. The molecule has 0 unspecified atom stereocenters. The molecule has 0 aliphatic carbocycles. The molecule has 1 aromatic carbocycles. The molecule has 1 N–H and O–H groups in total. The van der Waals surface area contributed by atoms with Gasteiger partial charge in [0.15, 0.2) is 0 Å². The van der Waals surface area contributed by atoms with Gasteiger partial charge in [-0.1, -0.05) is 0 Å². The van der Waals surface area contributed by atoms with Crippen molar-refractivity contribution in [1.29, 1.82) is 0 Å². The third-order valence-electron chi connectivity index (χ3n) is 1.69. The molecule has 5 nitrogen and oxygen atoms in total. The molecule has 0 aromatic heterocycles. The Hall–Kier alpha value is -1.22. The van der Waals surface area contributed by atoms with Crippen LogP contribution in [0.2, 0.25) is 0 Å². The van der Waals surface area contributed by atoms with E-state index in [1.807, 2.05) is 0 Å². The van der Waals surface area contributed by atoms with Crippen molar-refractivity contribution in [3.05, 3.63) is 28.2 Å². The van der Waals surface area contributed by atoms with Gasteiger partial charge in [-0.15, -0.1) is 0 Å². The highest BCUT2D eigenvalue weighted by atomic mass is 79.9. The molecule has 0 saturated heterocycles. The first-order valence-electron chi connectivity index (χ1n) is 4.45. The van der Waals surface area contributed by atoms with Crippen molar-refractivity contribution in [3.8, 4) is 5.75 Å².